The summed E-state index contributed by atoms with van der Waals surface area (Å²) in [7, 11) is 1.90. The molecular weight excluding hydrogens is 319 g/mol. The molecule has 1 saturated heterocycles. The highest BCUT2D eigenvalue weighted by molar-refractivity contribution is 5.87. The second kappa shape index (κ2) is 6.40. The van der Waals surface area contributed by atoms with Gasteiger partial charge in [-0.2, -0.15) is 5.10 Å². The average molecular weight is 340 g/mol. The molecule has 6 nitrogen and oxygen atoms in total. The number of rotatable bonds is 3. The molecule has 2 aromatic heterocycles. The molecule has 7 heteroatoms. The Bertz CT molecular complexity index is 880. The number of nitrogens with zero attached hydrogens (tertiary/aromatic N) is 6. The Labute approximate surface area is 145 Å². The van der Waals surface area contributed by atoms with Crippen LogP contribution in [0.15, 0.2) is 30.5 Å². The Kier molecular flexibility index (Phi) is 4.09. The SMILES string of the molecule is Cc1nc(N2CCN(Cc3ccc(F)cc3)CC2)c2cnn(C)c2n1. The van der Waals surface area contributed by atoms with Gasteiger partial charge in [0, 0.05) is 39.8 Å². The van der Waals surface area contributed by atoms with E-state index in [2.05, 4.69) is 24.9 Å². The Hall–Kier alpha value is -2.54. The number of fused-ring (bicyclic) bond motifs is 1. The zero-order chi connectivity index (χ0) is 17.4. The van der Waals surface area contributed by atoms with E-state index in [-0.39, 0.29) is 5.82 Å². The molecule has 0 amide bonds. The van der Waals surface area contributed by atoms with Gasteiger partial charge in [0.15, 0.2) is 5.65 Å². The van der Waals surface area contributed by atoms with E-state index in [1.165, 1.54) is 12.1 Å². The second-order valence-corrected chi connectivity index (χ2v) is 6.49. The van der Waals surface area contributed by atoms with Gasteiger partial charge >= 0.3 is 0 Å². The zero-order valence-corrected chi connectivity index (χ0v) is 14.5. The van der Waals surface area contributed by atoms with E-state index in [0.29, 0.717) is 0 Å². The Morgan fingerprint density at radius 1 is 1.04 bits per heavy atom. The van der Waals surface area contributed by atoms with Gasteiger partial charge in [-0.05, 0) is 24.6 Å². The standard InChI is InChI=1S/C18H21FN6/c1-13-21-17-16(11-20-23(17)2)18(22-13)25-9-7-24(8-10-25)12-14-3-5-15(19)6-4-14/h3-6,11H,7-10,12H2,1-2H3. The molecule has 0 saturated carbocycles. The van der Waals surface area contributed by atoms with E-state index in [4.69, 9.17) is 0 Å². The highest BCUT2D eigenvalue weighted by atomic mass is 19.1. The van der Waals surface area contributed by atoms with E-state index in [1.54, 1.807) is 4.68 Å². The van der Waals surface area contributed by atoms with Crippen LogP contribution in [0.3, 0.4) is 0 Å². The molecule has 0 atom stereocenters. The van der Waals surface area contributed by atoms with Crippen molar-refractivity contribution in [3.05, 3.63) is 47.7 Å². The van der Waals surface area contributed by atoms with Gasteiger partial charge in [-0.25, -0.2) is 14.4 Å². The second-order valence-electron chi connectivity index (χ2n) is 6.49. The first kappa shape index (κ1) is 16.0. The van der Waals surface area contributed by atoms with Crippen LogP contribution >= 0.6 is 0 Å². The molecular formula is C18H21FN6. The van der Waals surface area contributed by atoms with Crippen LogP contribution in [0.1, 0.15) is 11.4 Å². The summed E-state index contributed by atoms with van der Waals surface area (Å²) in [5.74, 6) is 1.55. The number of aromatic nitrogens is 4. The van der Waals surface area contributed by atoms with Crippen molar-refractivity contribution in [2.75, 3.05) is 31.1 Å². The summed E-state index contributed by atoms with van der Waals surface area (Å²) in [6.45, 7) is 6.47. The fourth-order valence-corrected chi connectivity index (χ4v) is 3.32. The van der Waals surface area contributed by atoms with Crippen molar-refractivity contribution >= 4 is 16.9 Å². The highest BCUT2D eigenvalue weighted by Gasteiger charge is 2.21. The summed E-state index contributed by atoms with van der Waals surface area (Å²) in [5, 5.41) is 5.32. The summed E-state index contributed by atoms with van der Waals surface area (Å²) in [5.41, 5.74) is 2.01. The molecule has 0 radical (unpaired) electrons. The highest BCUT2D eigenvalue weighted by Crippen LogP contribution is 2.24. The van der Waals surface area contributed by atoms with Crippen molar-refractivity contribution in [1.82, 2.24) is 24.6 Å². The molecule has 0 N–H and O–H groups in total. The van der Waals surface area contributed by atoms with E-state index in [9.17, 15) is 4.39 Å². The molecule has 3 heterocycles. The van der Waals surface area contributed by atoms with Crippen molar-refractivity contribution in [1.29, 1.82) is 0 Å². The van der Waals surface area contributed by atoms with Crippen LogP contribution in [0.4, 0.5) is 10.2 Å². The largest absolute Gasteiger partial charge is 0.353 e. The third-order valence-electron chi connectivity index (χ3n) is 4.68. The van der Waals surface area contributed by atoms with E-state index in [0.717, 1.165) is 61.0 Å². The summed E-state index contributed by atoms with van der Waals surface area (Å²) in [6, 6.07) is 6.76. The van der Waals surface area contributed by atoms with E-state index < -0.39 is 0 Å². The first-order valence-corrected chi connectivity index (χ1v) is 8.48. The summed E-state index contributed by atoms with van der Waals surface area (Å²) in [4.78, 5) is 13.8. The smallest absolute Gasteiger partial charge is 0.163 e. The lowest BCUT2D eigenvalue weighted by Gasteiger charge is -2.35. The zero-order valence-electron chi connectivity index (χ0n) is 14.5. The van der Waals surface area contributed by atoms with Crippen molar-refractivity contribution in [3.8, 4) is 0 Å². The van der Waals surface area contributed by atoms with Gasteiger partial charge in [0.05, 0.1) is 11.6 Å². The molecule has 25 heavy (non-hydrogen) atoms. The maximum absolute atomic E-state index is 13.0. The number of piperazine rings is 1. The molecule has 0 unspecified atom stereocenters. The monoisotopic (exact) mass is 340 g/mol. The van der Waals surface area contributed by atoms with Gasteiger partial charge in [0.2, 0.25) is 0 Å². The Morgan fingerprint density at radius 3 is 2.48 bits per heavy atom. The molecule has 1 aliphatic rings. The first-order valence-electron chi connectivity index (χ1n) is 8.48. The van der Waals surface area contributed by atoms with Crippen LogP contribution in [0, 0.1) is 12.7 Å². The number of hydrogen-bond donors (Lipinski definition) is 0. The fraction of sp³-hybridized carbons (Fsp3) is 0.389. The summed E-state index contributed by atoms with van der Waals surface area (Å²) >= 11 is 0. The van der Waals surface area contributed by atoms with E-state index in [1.807, 2.05) is 32.3 Å². The van der Waals surface area contributed by atoms with Gasteiger partial charge in [-0.15, -0.1) is 0 Å². The minimum absolute atomic E-state index is 0.187. The number of aryl methyl sites for hydroxylation is 2. The number of benzene rings is 1. The molecule has 0 bridgehead atoms. The van der Waals surface area contributed by atoms with Gasteiger partial charge in [0.25, 0.3) is 0 Å². The lowest BCUT2D eigenvalue weighted by atomic mass is 10.2. The molecule has 130 valence electrons. The van der Waals surface area contributed by atoms with Crippen LogP contribution in [0.25, 0.3) is 11.0 Å². The number of hydrogen-bond acceptors (Lipinski definition) is 5. The van der Waals surface area contributed by atoms with Gasteiger partial charge in [-0.3, -0.25) is 9.58 Å². The van der Waals surface area contributed by atoms with Crippen LogP contribution in [0.5, 0.6) is 0 Å². The predicted octanol–water partition coefficient (Wildman–Crippen LogP) is 2.13. The minimum atomic E-state index is -0.187. The molecule has 1 aliphatic heterocycles. The number of anilines is 1. The van der Waals surface area contributed by atoms with Crippen molar-refractivity contribution < 1.29 is 4.39 Å². The van der Waals surface area contributed by atoms with Crippen molar-refractivity contribution in [2.45, 2.75) is 13.5 Å². The van der Waals surface area contributed by atoms with Crippen molar-refractivity contribution in [3.63, 3.8) is 0 Å². The normalized spacial score (nSPS) is 15.9. The van der Waals surface area contributed by atoms with Crippen LogP contribution in [0.2, 0.25) is 0 Å². The maximum atomic E-state index is 13.0. The first-order chi connectivity index (χ1) is 12.1. The molecule has 0 aliphatic carbocycles. The third-order valence-corrected chi connectivity index (χ3v) is 4.68. The lowest BCUT2D eigenvalue weighted by molar-refractivity contribution is 0.249. The van der Waals surface area contributed by atoms with Crippen LogP contribution in [-0.4, -0.2) is 50.8 Å². The van der Waals surface area contributed by atoms with Crippen molar-refractivity contribution in [2.24, 2.45) is 7.05 Å². The average Bonchev–Trinajstić information content (AvgIpc) is 2.98. The third kappa shape index (κ3) is 3.19. The molecule has 4 rings (SSSR count). The topological polar surface area (TPSA) is 50.1 Å². The molecule has 0 spiro atoms. The van der Waals surface area contributed by atoms with Gasteiger partial charge < -0.3 is 4.90 Å². The molecule has 1 fully saturated rings. The Morgan fingerprint density at radius 2 is 1.76 bits per heavy atom. The minimum Gasteiger partial charge on any atom is -0.353 e. The van der Waals surface area contributed by atoms with Crippen LogP contribution in [-0.2, 0) is 13.6 Å². The predicted molar refractivity (Wildman–Crippen MR) is 94.9 cm³/mol. The number of halogens is 1. The molecule has 3 aromatic rings. The Balaban J connectivity index is 1.48. The fourth-order valence-electron chi connectivity index (χ4n) is 3.32. The van der Waals surface area contributed by atoms with Gasteiger partial charge in [0.1, 0.15) is 17.5 Å². The van der Waals surface area contributed by atoms with Crippen LogP contribution < -0.4 is 4.90 Å². The molecule has 1 aromatic carbocycles. The van der Waals surface area contributed by atoms with Gasteiger partial charge in [-0.1, -0.05) is 12.1 Å². The quantitative estimate of drug-likeness (QED) is 0.731. The summed E-state index contributed by atoms with van der Waals surface area (Å²) in [6.07, 6.45) is 1.84. The lowest BCUT2D eigenvalue weighted by Crippen LogP contribution is -2.46. The maximum Gasteiger partial charge on any atom is 0.163 e. The summed E-state index contributed by atoms with van der Waals surface area (Å²) < 4.78 is 14.8. The van der Waals surface area contributed by atoms with E-state index >= 15 is 0 Å².